The number of hydrogen-bond acceptors (Lipinski definition) is 6. The van der Waals surface area contributed by atoms with E-state index in [0.717, 1.165) is 24.3 Å². The van der Waals surface area contributed by atoms with Gasteiger partial charge in [0.25, 0.3) is 5.91 Å². The molecule has 0 aliphatic carbocycles. The molecule has 3 N–H and O–H groups in total. The van der Waals surface area contributed by atoms with Gasteiger partial charge in [-0.05, 0) is 36.4 Å². The number of alkyl halides is 3. The van der Waals surface area contributed by atoms with Gasteiger partial charge in [-0.2, -0.15) is 18.3 Å². The highest BCUT2D eigenvalue weighted by Crippen LogP contribution is 2.29. The first-order valence-electron chi connectivity index (χ1n) is 9.04. The summed E-state index contributed by atoms with van der Waals surface area (Å²) >= 11 is 0. The summed E-state index contributed by atoms with van der Waals surface area (Å²) in [7, 11) is 1.53. The molecule has 2 amide bonds. The van der Waals surface area contributed by atoms with Crippen molar-refractivity contribution in [3.8, 4) is 5.75 Å². The van der Waals surface area contributed by atoms with Crippen molar-refractivity contribution in [2.75, 3.05) is 12.4 Å². The van der Waals surface area contributed by atoms with Gasteiger partial charge in [0.05, 0.1) is 25.3 Å². The van der Waals surface area contributed by atoms with E-state index >= 15 is 0 Å². The topological polar surface area (TPSA) is 104 Å². The fraction of sp³-hybridized carbons (Fsp3) is 0.200. The third kappa shape index (κ3) is 5.81. The van der Waals surface area contributed by atoms with E-state index in [0.29, 0.717) is 11.3 Å². The van der Waals surface area contributed by atoms with Crippen LogP contribution in [0.3, 0.4) is 0 Å². The van der Waals surface area contributed by atoms with Crippen LogP contribution in [0, 0.1) is 0 Å². The number of methoxy groups -OCH3 is 1. The molecule has 3 rings (SSSR count). The van der Waals surface area contributed by atoms with Gasteiger partial charge in [-0.1, -0.05) is 12.1 Å². The number of benzene rings is 2. The van der Waals surface area contributed by atoms with Crippen molar-refractivity contribution in [2.45, 2.75) is 18.6 Å². The molecule has 2 aromatic carbocycles. The quantitative estimate of drug-likeness (QED) is 0.481. The maximum Gasteiger partial charge on any atom is 0.416 e. The largest absolute Gasteiger partial charge is 0.496 e. The van der Waals surface area contributed by atoms with Crippen molar-refractivity contribution < 1.29 is 27.5 Å². The first kappa shape index (κ1) is 21.8. The van der Waals surface area contributed by atoms with Gasteiger partial charge in [-0.3, -0.25) is 14.9 Å². The third-order valence-electron chi connectivity index (χ3n) is 4.22. The van der Waals surface area contributed by atoms with Gasteiger partial charge in [0.15, 0.2) is 0 Å². The Balaban J connectivity index is 1.55. The molecule has 2 aromatic rings. The summed E-state index contributed by atoms with van der Waals surface area (Å²) in [6, 6.07) is 10.2. The maximum atomic E-state index is 12.6. The van der Waals surface area contributed by atoms with Crippen LogP contribution in [0.1, 0.15) is 17.5 Å². The SMILES string of the molecule is COc1ccccc1/C=N\NC1=N[C@@H](CC(=O)Nc2ccc(C(F)(F)F)cc2)C(=O)N1. The Hall–Kier alpha value is -3.89. The number of ether oxygens (including phenoxy) is 1. The highest BCUT2D eigenvalue weighted by Gasteiger charge is 2.30. The first-order valence-corrected chi connectivity index (χ1v) is 9.04. The predicted molar refractivity (Wildman–Crippen MR) is 108 cm³/mol. The average Bonchev–Trinajstić information content (AvgIpc) is 3.07. The van der Waals surface area contributed by atoms with E-state index in [1.54, 1.807) is 12.1 Å². The van der Waals surface area contributed by atoms with Gasteiger partial charge in [-0.15, -0.1) is 0 Å². The molecule has 0 spiro atoms. The lowest BCUT2D eigenvalue weighted by Crippen LogP contribution is -2.35. The monoisotopic (exact) mass is 433 g/mol. The summed E-state index contributed by atoms with van der Waals surface area (Å²) < 4.78 is 43.0. The van der Waals surface area contributed by atoms with Gasteiger partial charge in [0.2, 0.25) is 11.9 Å². The van der Waals surface area contributed by atoms with E-state index in [2.05, 4.69) is 26.2 Å². The number of hydrazone groups is 1. The van der Waals surface area contributed by atoms with Crippen LogP contribution in [0.5, 0.6) is 5.75 Å². The zero-order chi connectivity index (χ0) is 22.4. The molecule has 1 aliphatic rings. The molecule has 0 saturated heterocycles. The van der Waals surface area contributed by atoms with Crippen LogP contribution in [-0.4, -0.2) is 37.1 Å². The van der Waals surface area contributed by atoms with Gasteiger partial charge < -0.3 is 10.1 Å². The molecule has 8 nitrogen and oxygen atoms in total. The number of rotatable bonds is 6. The Labute approximate surface area is 175 Å². The lowest BCUT2D eigenvalue weighted by Gasteiger charge is -2.09. The van der Waals surface area contributed by atoms with Gasteiger partial charge in [0.1, 0.15) is 11.8 Å². The molecular weight excluding hydrogens is 415 g/mol. The summed E-state index contributed by atoms with van der Waals surface area (Å²) in [6.07, 6.45) is -3.26. The van der Waals surface area contributed by atoms with Crippen molar-refractivity contribution in [3.05, 3.63) is 59.7 Å². The van der Waals surface area contributed by atoms with E-state index in [-0.39, 0.29) is 18.1 Å². The molecule has 1 atom stereocenters. The average molecular weight is 433 g/mol. The normalized spacial score (nSPS) is 16.1. The minimum Gasteiger partial charge on any atom is -0.496 e. The number of carbonyl (C=O) groups is 2. The summed E-state index contributed by atoms with van der Waals surface area (Å²) in [5.74, 6) is -0.383. The Bertz CT molecular complexity index is 1020. The van der Waals surface area contributed by atoms with Crippen LogP contribution < -0.4 is 20.8 Å². The van der Waals surface area contributed by atoms with Crippen molar-refractivity contribution >= 4 is 29.7 Å². The molecule has 0 fully saturated rings. The molecule has 1 aliphatic heterocycles. The molecule has 11 heteroatoms. The third-order valence-corrected chi connectivity index (χ3v) is 4.22. The minimum absolute atomic E-state index is 0.0727. The fourth-order valence-corrected chi connectivity index (χ4v) is 2.71. The maximum absolute atomic E-state index is 12.6. The van der Waals surface area contributed by atoms with Crippen molar-refractivity contribution in [1.82, 2.24) is 10.7 Å². The smallest absolute Gasteiger partial charge is 0.416 e. The minimum atomic E-state index is -4.46. The van der Waals surface area contributed by atoms with Crippen LogP contribution in [0.2, 0.25) is 0 Å². The number of para-hydroxylation sites is 1. The Morgan fingerprint density at radius 3 is 2.61 bits per heavy atom. The van der Waals surface area contributed by atoms with Crippen LogP contribution in [0.15, 0.2) is 58.6 Å². The second-order valence-electron chi connectivity index (χ2n) is 6.42. The number of halogens is 3. The lowest BCUT2D eigenvalue weighted by molar-refractivity contribution is -0.137. The summed E-state index contributed by atoms with van der Waals surface area (Å²) in [5.41, 5.74) is 2.64. The molecule has 31 heavy (non-hydrogen) atoms. The molecule has 0 radical (unpaired) electrons. The number of guanidine groups is 1. The van der Waals surface area contributed by atoms with E-state index in [1.165, 1.54) is 13.3 Å². The highest BCUT2D eigenvalue weighted by molar-refractivity contribution is 6.07. The zero-order valence-electron chi connectivity index (χ0n) is 16.2. The standard InChI is InChI=1S/C20H18F3N5O3/c1-31-16-5-3-2-4-12(16)11-24-28-19-26-15(18(30)27-19)10-17(29)25-14-8-6-13(7-9-14)20(21,22)23/h2-9,11,15H,10H2,1H3,(H,25,29)(H2,26,27,28,30)/b24-11-/t15-/m0/s1. The van der Waals surface area contributed by atoms with Gasteiger partial charge in [-0.25, -0.2) is 10.4 Å². The number of nitrogens with one attached hydrogen (secondary N) is 3. The fourth-order valence-electron chi connectivity index (χ4n) is 2.71. The van der Waals surface area contributed by atoms with Gasteiger partial charge >= 0.3 is 6.18 Å². The Kier molecular flexibility index (Phi) is 6.53. The first-order chi connectivity index (χ1) is 14.8. The van der Waals surface area contributed by atoms with Crippen LogP contribution in [-0.2, 0) is 15.8 Å². The summed E-state index contributed by atoms with van der Waals surface area (Å²) in [5, 5.41) is 8.89. The Morgan fingerprint density at radius 2 is 1.94 bits per heavy atom. The van der Waals surface area contributed by atoms with Crippen LogP contribution in [0.4, 0.5) is 18.9 Å². The van der Waals surface area contributed by atoms with E-state index in [9.17, 15) is 22.8 Å². The predicted octanol–water partition coefficient (Wildman–Crippen LogP) is 2.52. The molecule has 0 bridgehead atoms. The number of amides is 2. The molecule has 0 aromatic heterocycles. The molecular formula is C20H18F3N5O3. The lowest BCUT2D eigenvalue weighted by atomic mass is 10.1. The van der Waals surface area contributed by atoms with E-state index in [4.69, 9.17) is 4.74 Å². The summed E-state index contributed by atoms with van der Waals surface area (Å²) in [4.78, 5) is 28.2. The number of carbonyl (C=O) groups excluding carboxylic acids is 2. The van der Waals surface area contributed by atoms with Crippen LogP contribution in [0.25, 0.3) is 0 Å². The highest BCUT2D eigenvalue weighted by atomic mass is 19.4. The van der Waals surface area contributed by atoms with E-state index < -0.39 is 29.6 Å². The molecule has 1 heterocycles. The second-order valence-corrected chi connectivity index (χ2v) is 6.42. The van der Waals surface area contributed by atoms with Crippen molar-refractivity contribution in [1.29, 1.82) is 0 Å². The van der Waals surface area contributed by atoms with E-state index in [1.807, 2.05) is 12.1 Å². The second kappa shape index (κ2) is 9.28. The molecule has 162 valence electrons. The van der Waals surface area contributed by atoms with Gasteiger partial charge in [0, 0.05) is 11.3 Å². The molecule has 0 saturated carbocycles. The number of aliphatic imine (C=N–C) groups is 1. The molecule has 0 unspecified atom stereocenters. The number of hydrogen-bond donors (Lipinski definition) is 3. The Morgan fingerprint density at radius 1 is 1.23 bits per heavy atom. The number of nitrogens with zero attached hydrogens (tertiary/aromatic N) is 2. The number of anilines is 1. The summed E-state index contributed by atoms with van der Waals surface area (Å²) in [6.45, 7) is 0. The van der Waals surface area contributed by atoms with Crippen LogP contribution >= 0.6 is 0 Å². The zero-order valence-corrected chi connectivity index (χ0v) is 16.2. The van der Waals surface area contributed by atoms with Crippen molar-refractivity contribution in [3.63, 3.8) is 0 Å². The van der Waals surface area contributed by atoms with Crippen molar-refractivity contribution in [2.24, 2.45) is 10.1 Å².